The van der Waals surface area contributed by atoms with Gasteiger partial charge in [0.15, 0.2) is 17.4 Å². The first-order chi connectivity index (χ1) is 44.3. The summed E-state index contributed by atoms with van der Waals surface area (Å²) in [6.07, 6.45) is -55.3. The van der Waals surface area contributed by atoms with E-state index in [1.54, 1.807) is 6.92 Å². The topological polar surface area (TPSA) is 122 Å². The Morgan fingerprint density at radius 1 is 0.406 bits per heavy atom. The molecule has 0 aromatic rings. The van der Waals surface area contributed by atoms with E-state index in [1.165, 1.54) is 31.3 Å². The van der Waals surface area contributed by atoms with Gasteiger partial charge in [0.1, 0.15) is 25.3 Å². The van der Waals surface area contributed by atoms with E-state index in [-0.39, 0.29) is 20.1 Å². The molecule has 0 spiro atoms. The summed E-state index contributed by atoms with van der Waals surface area (Å²) in [7, 11) is 0.964. The van der Waals surface area contributed by atoms with Crippen LogP contribution < -0.4 is 0 Å². The number of methoxy groups -OCH3 is 1. The number of ether oxygens (including phenoxy) is 4. The third-order valence-electron chi connectivity index (χ3n) is 9.27. The molecule has 0 atom stereocenters. The van der Waals surface area contributed by atoms with Crippen LogP contribution in [0.15, 0.2) is 95.7 Å². The van der Waals surface area contributed by atoms with E-state index in [1.807, 2.05) is 19.9 Å². The first-order valence-corrected chi connectivity index (χ1v) is 25.2. The zero-order valence-corrected chi connectivity index (χ0v) is 51.7. The van der Waals surface area contributed by atoms with Gasteiger partial charge in [-0.25, -0.2) is 67.5 Å². The molecule has 0 aliphatic carbocycles. The maximum atomic E-state index is 12.4. The molecule has 0 aliphatic rings. The van der Waals surface area contributed by atoms with E-state index in [9.17, 15) is 195 Å². The van der Waals surface area contributed by atoms with Gasteiger partial charge in [0.25, 0.3) is 30.2 Å². The molecular weight excluding hydrogens is 1520 g/mol. The van der Waals surface area contributed by atoms with Crippen LogP contribution in [0, 0.1) is 0 Å². The fraction of sp³-hybridized carbons (Fsp3) is 0.604. The fourth-order valence-corrected chi connectivity index (χ4v) is 4.10. The molecule has 0 amide bonds. The van der Waals surface area contributed by atoms with Crippen LogP contribution in [0.1, 0.15) is 115 Å². The van der Waals surface area contributed by atoms with E-state index in [2.05, 4.69) is 45.8 Å². The van der Waals surface area contributed by atoms with Crippen molar-refractivity contribution in [1.29, 1.82) is 0 Å². The van der Waals surface area contributed by atoms with Crippen LogP contribution in [0.4, 0.5) is 171 Å². The molecule has 0 fully saturated rings. The zero-order valence-electron chi connectivity index (χ0n) is 51.7. The van der Waals surface area contributed by atoms with E-state index < -0.39 is 201 Å². The SMILES string of the molecule is C.C/C(=C\F)C(=O)OC(C(F)(F)F)C(F)(F)F.C/C=C(/C)CCCCC.C/C=C(\C)C(C)=O.CC(F)(F)CC(F)(F)/C(F)=C\C(F)(F)F.CCC(F)(F)CC(F)(F)/C(F)=C\F.COC(=O)/C(F)=C/F.O=C(OC(C(F)(F)F)C(F)(F)F)/C(F)=C/F.O=C(OC(C(F)(F)F)C(F)(F)F)/C(F)=C\F. The molecule has 0 saturated heterocycles. The number of carbonyl (C=O) groups is 5. The number of alkyl halides is 29. The molecule has 0 aliphatic heterocycles. The highest BCUT2D eigenvalue weighted by atomic mass is 19.4. The number of Topliss-reactive ketones (excluding diaryl/α,β-unsaturated/α-hetero) is 1. The van der Waals surface area contributed by atoms with Crippen molar-refractivity contribution >= 4 is 29.7 Å². The summed E-state index contributed by atoms with van der Waals surface area (Å²) in [4.78, 5) is 51.0. The van der Waals surface area contributed by atoms with Crippen LogP contribution in [-0.4, -0.2) is 122 Å². The fourth-order valence-electron chi connectivity index (χ4n) is 4.10. The van der Waals surface area contributed by atoms with Crippen LogP contribution >= 0.6 is 0 Å². The maximum absolute atomic E-state index is 12.4. The van der Waals surface area contributed by atoms with Gasteiger partial charge in [0, 0.05) is 6.42 Å². The predicted octanol–water partition coefficient (Wildman–Crippen LogP) is 23.1. The van der Waals surface area contributed by atoms with Crippen molar-refractivity contribution in [2.24, 2.45) is 0 Å². The first-order valence-electron chi connectivity index (χ1n) is 25.2. The molecule has 0 aromatic carbocycles. The number of carbonyl (C=O) groups excluding carboxylic acids is 5. The molecule has 0 bridgehead atoms. The Labute approximate surface area is 546 Å². The van der Waals surface area contributed by atoms with Crippen LogP contribution in [0.3, 0.4) is 0 Å². The number of hydrogen-bond donors (Lipinski definition) is 0. The smallest absolute Gasteiger partial charge is 0.434 e. The minimum atomic E-state index is -5.97. The second kappa shape index (κ2) is 49.4. The third-order valence-corrected chi connectivity index (χ3v) is 9.27. The van der Waals surface area contributed by atoms with E-state index >= 15 is 0 Å². The normalized spacial score (nSPS) is 13.7. The van der Waals surface area contributed by atoms with Crippen LogP contribution in [-0.2, 0) is 42.9 Å². The van der Waals surface area contributed by atoms with Gasteiger partial charge in [-0.05, 0) is 66.9 Å². The van der Waals surface area contributed by atoms with Crippen LogP contribution in [0.5, 0.6) is 0 Å². The Balaban J connectivity index is -0.000000139. The van der Waals surface area contributed by atoms with Crippen molar-refractivity contribution in [3.8, 4) is 0 Å². The van der Waals surface area contributed by atoms with Gasteiger partial charge in [-0.2, -0.15) is 123 Å². The second-order valence-electron chi connectivity index (χ2n) is 17.9. The van der Waals surface area contributed by atoms with Crippen LogP contribution in [0.25, 0.3) is 0 Å². The predicted molar refractivity (Wildman–Crippen MR) is 275 cm³/mol. The molecule has 9 nitrogen and oxygen atoms in total. The number of ketones is 1. The quantitative estimate of drug-likeness (QED) is 0.0311. The van der Waals surface area contributed by atoms with Crippen molar-refractivity contribution in [1.82, 2.24) is 0 Å². The van der Waals surface area contributed by atoms with Gasteiger partial charge in [-0.1, -0.05) is 51.8 Å². The maximum Gasteiger partial charge on any atom is 0.434 e. The Morgan fingerprint density at radius 2 is 0.713 bits per heavy atom. The van der Waals surface area contributed by atoms with Gasteiger partial charge < -0.3 is 18.9 Å². The average molecular weight is 1580 g/mol. The summed E-state index contributed by atoms with van der Waals surface area (Å²) in [5.74, 6) is -37.4. The summed E-state index contributed by atoms with van der Waals surface area (Å²) >= 11 is 0. The Bertz CT molecular complexity index is 2490. The Kier molecular flexibility index (Phi) is 54.9. The molecule has 0 saturated carbocycles. The lowest BCUT2D eigenvalue weighted by Gasteiger charge is -2.22. The standard InChI is InChI=1S/C9H18.C7H6F8.C7H5F7O2.C7H8F6.2C6H2F8O2.C6H10O.C4H4F2O2.CH4/c1-4-6-7-8-9(3)5-2;1-5(9,10)3-6(11,12)4(8)2-7(13,14)15;1-3(2-8)4(15)16-5(6(9,10)11)7(12,13)14;1-2-6(10,11)4-7(12,13)5(9)3-8;2*7-1-2(8)3(15)16-4(5(9,10)11)6(12,13)14;1-4-5(2)6(3)7;1-8-4(7)3(6)2-5;/h5H,4,6-8H2,1-3H3;2H,3H2,1H3;2,5H,1H3;3H,2,4H2,1H3;2*1,4H;4H,1-3H3;2H,1H3;1H4/b9-5-;4-2+;3-2+;5-3+;2-1+;2-1-;5-4+;3-2-;. The molecule has 0 radical (unpaired) electrons. The van der Waals surface area contributed by atoms with Crippen LogP contribution in [0.2, 0.25) is 0 Å². The number of allylic oxidation sites excluding steroid dienone is 7. The van der Waals surface area contributed by atoms with Gasteiger partial charge in [-0.3, -0.25) is 4.79 Å². The highest BCUT2D eigenvalue weighted by Gasteiger charge is 2.62. The van der Waals surface area contributed by atoms with Gasteiger partial charge in [-0.15, -0.1) is 0 Å². The monoisotopic (exact) mass is 1580 g/mol. The molecular formula is C53H59F39O9. The van der Waals surface area contributed by atoms with E-state index in [0.717, 1.165) is 19.6 Å². The number of esters is 4. The summed E-state index contributed by atoms with van der Waals surface area (Å²) < 4.78 is 473. The van der Waals surface area contributed by atoms with Crippen molar-refractivity contribution in [2.75, 3.05) is 7.11 Å². The molecule has 0 unspecified atom stereocenters. The summed E-state index contributed by atoms with van der Waals surface area (Å²) in [6.45, 7) is 13.5. The summed E-state index contributed by atoms with van der Waals surface area (Å²) in [6, 6.07) is 0. The molecule has 0 heterocycles. The molecule has 0 aromatic heterocycles. The molecule has 48 heteroatoms. The largest absolute Gasteiger partial charge is 0.464 e. The van der Waals surface area contributed by atoms with E-state index in [0.29, 0.717) is 6.92 Å². The summed E-state index contributed by atoms with van der Waals surface area (Å²) in [5, 5.41) is 0. The van der Waals surface area contributed by atoms with Crippen molar-refractivity contribution in [3.63, 3.8) is 0 Å². The summed E-state index contributed by atoms with van der Waals surface area (Å²) in [5.41, 5.74) is 1.36. The number of halogens is 39. The van der Waals surface area contributed by atoms with Gasteiger partial charge in [0.2, 0.25) is 17.5 Å². The number of rotatable bonds is 19. The Hall–Kier alpha value is -7.26. The number of hydrogen-bond acceptors (Lipinski definition) is 9. The molecule has 0 rings (SSSR count). The molecule has 0 N–H and O–H groups in total. The van der Waals surface area contributed by atoms with Crippen molar-refractivity contribution in [2.45, 2.75) is 200 Å². The first kappa shape index (κ1) is 112. The van der Waals surface area contributed by atoms with E-state index in [4.69, 9.17) is 0 Å². The van der Waals surface area contributed by atoms with Gasteiger partial charge >= 0.3 is 79.0 Å². The lowest BCUT2D eigenvalue weighted by Crippen LogP contribution is -2.45. The highest BCUT2D eigenvalue weighted by Crippen LogP contribution is 2.41. The second-order valence-corrected chi connectivity index (χ2v) is 17.9. The zero-order chi connectivity index (χ0) is 82.2. The lowest BCUT2D eigenvalue weighted by molar-refractivity contribution is -0.313. The molecule has 598 valence electrons. The number of unbranched alkanes of at least 4 members (excludes halogenated alkanes) is 2. The minimum Gasteiger partial charge on any atom is -0.464 e. The average Bonchev–Trinajstić information content (AvgIpc) is 0.847. The Morgan fingerprint density at radius 3 is 0.911 bits per heavy atom. The lowest BCUT2D eigenvalue weighted by atomic mass is 10.1. The third kappa shape index (κ3) is 59.0. The van der Waals surface area contributed by atoms with Crippen molar-refractivity contribution in [3.05, 3.63) is 95.7 Å². The minimum absolute atomic E-state index is 0. The highest BCUT2D eigenvalue weighted by molar-refractivity contribution is 5.92. The molecule has 101 heavy (non-hydrogen) atoms. The van der Waals surface area contributed by atoms with Crippen molar-refractivity contribution < 1.29 is 214 Å². The van der Waals surface area contributed by atoms with Gasteiger partial charge in [0.05, 0.1) is 37.9 Å².